The van der Waals surface area contributed by atoms with E-state index in [1.54, 1.807) is 17.2 Å². The molecular formula is C19H23F3N4O. The third kappa shape index (κ3) is 3.89. The number of piperidine rings is 1. The number of hydrogen-bond acceptors (Lipinski definition) is 2. The second kappa shape index (κ2) is 7.05. The van der Waals surface area contributed by atoms with Gasteiger partial charge in [0.15, 0.2) is 0 Å². The quantitative estimate of drug-likeness (QED) is 0.853. The first-order valence-electron chi connectivity index (χ1n) is 9.47. The smallest absolute Gasteiger partial charge is 0.317 e. The predicted octanol–water partition coefficient (Wildman–Crippen LogP) is 4.10. The van der Waals surface area contributed by atoms with Gasteiger partial charge >= 0.3 is 6.03 Å². The zero-order chi connectivity index (χ0) is 19.0. The second-order valence-electron chi connectivity index (χ2n) is 7.59. The Morgan fingerprint density at radius 1 is 1.15 bits per heavy atom. The summed E-state index contributed by atoms with van der Waals surface area (Å²) in [6.07, 6.45) is 3.50. The molecule has 146 valence electrons. The lowest BCUT2D eigenvalue weighted by molar-refractivity contribution is -0.0398. The first-order chi connectivity index (χ1) is 12.9. The number of fused-ring (bicyclic) bond motifs is 1. The van der Waals surface area contributed by atoms with Gasteiger partial charge in [-0.25, -0.2) is 18.0 Å². The van der Waals surface area contributed by atoms with E-state index in [4.69, 9.17) is 0 Å². The van der Waals surface area contributed by atoms with Crippen molar-refractivity contribution in [1.29, 1.82) is 0 Å². The lowest BCUT2D eigenvalue weighted by Crippen LogP contribution is -2.49. The van der Waals surface area contributed by atoms with Crippen LogP contribution in [0.3, 0.4) is 0 Å². The summed E-state index contributed by atoms with van der Waals surface area (Å²) in [5.41, 5.74) is 0.891. The molecular weight excluding hydrogens is 357 g/mol. The van der Waals surface area contributed by atoms with Gasteiger partial charge in [0.25, 0.3) is 0 Å². The van der Waals surface area contributed by atoms with Gasteiger partial charge < -0.3 is 10.2 Å². The second-order valence-corrected chi connectivity index (χ2v) is 7.59. The molecule has 0 atom stereocenters. The molecule has 8 heteroatoms. The molecule has 2 aromatic rings. The Morgan fingerprint density at radius 2 is 1.85 bits per heavy atom. The number of benzene rings is 1. The van der Waals surface area contributed by atoms with Crippen molar-refractivity contribution in [3.8, 4) is 0 Å². The van der Waals surface area contributed by atoms with E-state index in [2.05, 4.69) is 10.4 Å². The largest absolute Gasteiger partial charge is 0.335 e. The summed E-state index contributed by atoms with van der Waals surface area (Å²) in [4.78, 5) is 14.2. The van der Waals surface area contributed by atoms with Crippen LogP contribution >= 0.6 is 0 Å². The van der Waals surface area contributed by atoms with Gasteiger partial charge in [-0.2, -0.15) is 5.10 Å². The fourth-order valence-corrected chi connectivity index (χ4v) is 4.08. The molecule has 0 spiro atoms. The summed E-state index contributed by atoms with van der Waals surface area (Å²) in [7, 11) is 0. The molecule has 27 heavy (non-hydrogen) atoms. The van der Waals surface area contributed by atoms with E-state index in [0.717, 1.165) is 23.7 Å². The minimum absolute atomic E-state index is 0.158. The summed E-state index contributed by atoms with van der Waals surface area (Å²) in [5.74, 6) is -2.87. The van der Waals surface area contributed by atoms with Crippen molar-refractivity contribution < 1.29 is 18.0 Å². The molecule has 2 fully saturated rings. The third-order valence-electron chi connectivity index (χ3n) is 5.70. The number of alkyl halides is 2. The Balaban J connectivity index is 1.32. The molecule has 0 unspecified atom stereocenters. The Morgan fingerprint density at radius 3 is 2.56 bits per heavy atom. The monoisotopic (exact) mass is 380 g/mol. The molecule has 5 nitrogen and oxygen atoms in total. The zero-order valence-electron chi connectivity index (χ0n) is 15.0. The van der Waals surface area contributed by atoms with Crippen molar-refractivity contribution >= 4 is 16.9 Å². The predicted molar refractivity (Wildman–Crippen MR) is 95.3 cm³/mol. The van der Waals surface area contributed by atoms with Crippen LogP contribution in [-0.4, -0.2) is 45.8 Å². The summed E-state index contributed by atoms with van der Waals surface area (Å²) < 4.78 is 41.7. The molecule has 1 aliphatic heterocycles. The van der Waals surface area contributed by atoms with Crippen LogP contribution in [0.5, 0.6) is 0 Å². The van der Waals surface area contributed by atoms with Crippen LogP contribution in [0.4, 0.5) is 18.0 Å². The van der Waals surface area contributed by atoms with E-state index in [-0.39, 0.29) is 36.8 Å². The molecule has 2 aliphatic rings. The van der Waals surface area contributed by atoms with Crippen LogP contribution in [-0.2, 0) is 0 Å². The molecule has 1 aromatic heterocycles. The van der Waals surface area contributed by atoms with Gasteiger partial charge in [0.2, 0.25) is 5.92 Å². The fraction of sp³-hybridized carbons (Fsp3) is 0.579. The average molecular weight is 380 g/mol. The highest BCUT2D eigenvalue weighted by atomic mass is 19.3. The van der Waals surface area contributed by atoms with Crippen molar-refractivity contribution in [3.05, 3.63) is 30.2 Å². The van der Waals surface area contributed by atoms with Crippen LogP contribution < -0.4 is 5.32 Å². The van der Waals surface area contributed by atoms with E-state index in [1.165, 1.54) is 12.1 Å². The van der Waals surface area contributed by atoms with Crippen LogP contribution in [0, 0.1) is 5.82 Å². The maximum absolute atomic E-state index is 13.3. The lowest BCUT2D eigenvalue weighted by Gasteiger charge is -2.35. The number of amides is 2. The van der Waals surface area contributed by atoms with Crippen LogP contribution in [0.2, 0.25) is 0 Å². The van der Waals surface area contributed by atoms with Gasteiger partial charge in [0, 0.05) is 37.4 Å². The maximum atomic E-state index is 13.3. The highest BCUT2D eigenvalue weighted by Gasteiger charge is 2.36. The average Bonchev–Trinajstić information content (AvgIpc) is 3.06. The van der Waals surface area contributed by atoms with Crippen LogP contribution in [0.15, 0.2) is 24.4 Å². The van der Waals surface area contributed by atoms with Crippen molar-refractivity contribution in [3.63, 3.8) is 0 Å². The highest BCUT2D eigenvalue weighted by molar-refractivity contribution is 5.78. The molecule has 1 N–H and O–H groups in total. The number of nitrogens with one attached hydrogen (secondary N) is 1. The topological polar surface area (TPSA) is 50.2 Å². The molecule has 1 saturated heterocycles. The van der Waals surface area contributed by atoms with Gasteiger partial charge in [-0.3, -0.25) is 4.68 Å². The Bertz CT molecular complexity index is 819. The summed E-state index contributed by atoms with van der Waals surface area (Å²) in [6, 6.07) is 4.45. The van der Waals surface area contributed by atoms with Gasteiger partial charge in [0.05, 0.1) is 17.8 Å². The molecule has 1 saturated carbocycles. The Kier molecular flexibility index (Phi) is 4.74. The number of aromatic nitrogens is 2. The Labute approximate surface area is 155 Å². The van der Waals surface area contributed by atoms with E-state index >= 15 is 0 Å². The number of nitrogens with zero attached hydrogens (tertiary/aromatic N) is 3. The Hall–Kier alpha value is -2.25. The minimum atomic E-state index is -2.59. The number of carbonyl (C=O) groups excluding carboxylic acids is 1. The van der Waals surface area contributed by atoms with E-state index in [9.17, 15) is 18.0 Å². The van der Waals surface area contributed by atoms with Crippen molar-refractivity contribution in [2.24, 2.45) is 0 Å². The van der Waals surface area contributed by atoms with Crippen molar-refractivity contribution in [2.75, 3.05) is 13.1 Å². The summed E-state index contributed by atoms with van der Waals surface area (Å²) >= 11 is 0. The molecule has 0 bridgehead atoms. The highest BCUT2D eigenvalue weighted by Crippen LogP contribution is 2.33. The number of urea groups is 1. The summed E-state index contributed by atoms with van der Waals surface area (Å²) in [6.45, 7) is 1.17. The lowest BCUT2D eigenvalue weighted by atomic mass is 9.92. The molecule has 1 aliphatic carbocycles. The first-order valence-corrected chi connectivity index (χ1v) is 9.47. The first kappa shape index (κ1) is 18.1. The van der Waals surface area contributed by atoms with Crippen LogP contribution in [0.1, 0.15) is 44.6 Å². The standard InChI is InChI=1S/C19H23F3N4O/c20-14-1-2-17-13(11-14)12-23-26(17)16-5-9-25(10-6-16)18(27)24-15-3-7-19(21,22)8-4-15/h1-2,11-12,15-16H,3-10H2,(H,24,27). The molecule has 4 rings (SSSR count). The van der Waals surface area contributed by atoms with E-state index in [0.29, 0.717) is 25.9 Å². The molecule has 2 heterocycles. The fourth-order valence-electron chi connectivity index (χ4n) is 4.08. The van der Waals surface area contributed by atoms with Crippen molar-refractivity contribution in [2.45, 2.75) is 56.5 Å². The molecule has 1 aromatic carbocycles. The van der Waals surface area contributed by atoms with E-state index in [1.807, 2.05) is 4.68 Å². The normalized spacial score (nSPS) is 21.5. The third-order valence-corrected chi connectivity index (χ3v) is 5.70. The molecule has 0 radical (unpaired) electrons. The SMILES string of the molecule is O=C(NC1CCC(F)(F)CC1)N1CCC(n2ncc3cc(F)ccc32)CC1. The molecule has 2 amide bonds. The van der Waals surface area contributed by atoms with Gasteiger partial charge in [-0.1, -0.05) is 0 Å². The van der Waals surface area contributed by atoms with Gasteiger partial charge in [0.1, 0.15) is 5.82 Å². The zero-order valence-corrected chi connectivity index (χ0v) is 15.0. The number of likely N-dealkylation sites (tertiary alicyclic amines) is 1. The van der Waals surface area contributed by atoms with E-state index < -0.39 is 5.92 Å². The van der Waals surface area contributed by atoms with Gasteiger partial charge in [-0.15, -0.1) is 0 Å². The maximum Gasteiger partial charge on any atom is 0.317 e. The van der Waals surface area contributed by atoms with Crippen LogP contribution in [0.25, 0.3) is 10.9 Å². The number of carbonyl (C=O) groups is 1. The number of hydrogen-bond donors (Lipinski definition) is 1. The number of halogens is 3. The van der Waals surface area contributed by atoms with Crippen molar-refractivity contribution in [1.82, 2.24) is 20.0 Å². The summed E-state index contributed by atoms with van der Waals surface area (Å²) in [5, 5.41) is 8.07. The van der Waals surface area contributed by atoms with Gasteiger partial charge in [-0.05, 0) is 43.9 Å². The minimum Gasteiger partial charge on any atom is -0.335 e. The number of rotatable bonds is 2.